The van der Waals surface area contributed by atoms with Crippen LogP contribution in [0.15, 0.2) is 29.2 Å². The molecular weight excluding hydrogens is 350 g/mol. The number of hydrogen-bond acceptors (Lipinski definition) is 6. The zero-order chi connectivity index (χ0) is 17.6. The summed E-state index contributed by atoms with van der Waals surface area (Å²) in [7, 11) is -3.68. The van der Waals surface area contributed by atoms with Gasteiger partial charge in [-0.25, -0.2) is 13.6 Å². The number of nitrogens with zero attached hydrogens (tertiary/aromatic N) is 1. The van der Waals surface area contributed by atoms with Gasteiger partial charge in [0.25, 0.3) is 0 Å². The van der Waals surface area contributed by atoms with Gasteiger partial charge in [0.15, 0.2) is 0 Å². The Morgan fingerprint density at radius 2 is 2.12 bits per heavy atom. The molecule has 0 spiro atoms. The van der Waals surface area contributed by atoms with E-state index in [0.29, 0.717) is 29.9 Å². The molecule has 1 aromatic carbocycles. The Bertz CT molecular complexity index is 649. The monoisotopic (exact) mass is 373 g/mol. The van der Waals surface area contributed by atoms with E-state index in [4.69, 9.17) is 9.88 Å². The Hall–Kier alpha value is -1.29. The molecule has 134 valence electrons. The maximum absolute atomic E-state index is 12.1. The highest BCUT2D eigenvalue weighted by Crippen LogP contribution is 2.15. The number of amides is 1. The molecule has 0 saturated carbocycles. The molecule has 1 atom stereocenters. The molecule has 1 aliphatic heterocycles. The molecule has 9 heteroatoms. The Kier molecular flexibility index (Phi) is 6.90. The number of carbonyl (C=O) groups excluding carboxylic acids is 1. The molecule has 0 radical (unpaired) electrons. The minimum atomic E-state index is -3.68. The molecule has 1 unspecified atom stereocenters. The van der Waals surface area contributed by atoms with Crippen LogP contribution in [0.2, 0.25) is 0 Å². The van der Waals surface area contributed by atoms with Crippen molar-refractivity contribution in [3.8, 4) is 5.75 Å². The van der Waals surface area contributed by atoms with Crippen LogP contribution >= 0.6 is 11.8 Å². The van der Waals surface area contributed by atoms with Gasteiger partial charge in [-0.2, -0.15) is 0 Å². The fraction of sp³-hybridized carbons (Fsp3) is 0.533. The summed E-state index contributed by atoms with van der Waals surface area (Å²) in [4.78, 5) is 14.0. The van der Waals surface area contributed by atoms with Crippen LogP contribution in [0.1, 0.15) is 6.92 Å². The first-order valence-electron chi connectivity index (χ1n) is 7.71. The molecular formula is C15H23N3O4S2. The van der Waals surface area contributed by atoms with Gasteiger partial charge < -0.3 is 15.0 Å². The summed E-state index contributed by atoms with van der Waals surface area (Å²) in [5.41, 5.74) is 0. The molecule has 1 amide bonds. The number of nitrogens with two attached hydrogens (primary N) is 1. The second-order valence-corrected chi connectivity index (χ2v) is 8.28. The van der Waals surface area contributed by atoms with Crippen molar-refractivity contribution in [2.75, 3.05) is 37.7 Å². The standard InChI is InChI=1S/C15H23N3O4S2/c1-12-10-18(7-6-17-12)15(19)11-23-9-8-22-13-2-4-14(5-3-13)24(16,20)21/h2-5,12,17H,6-11H2,1H3,(H2,16,20,21). The summed E-state index contributed by atoms with van der Waals surface area (Å²) in [5.74, 6) is 1.86. The van der Waals surface area contributed by atoms with Gasteiger partial charge in [-0.1, -0.05) is 0 Å². The van der Waals surface area contributed by atoms with Gasteiger partial charge in [-0.3, -0.25) is 4.79 Å². The van der Waals surface area contributed by atoms with Crippen LogP contribution in [-0.2, 0) is 14.8 Å². The fourth-order valence-corrected chi connectivity index (χ4v) is 3.57. The van der Waals surface area contributed by atoms with Crippen molar-refractivity contribution in [3.63, 3.8) is 0 Å². The van der Waals surface area contributed by atoms with E-state index < -0.39 is 10.0 Å². The molecule has 1 aliphatic rings. The van der Waals surface area contributed by atoms with Crippen molar-refractivity contribution in [3.05, 3.63) is 24.3 Å². The predicted molar refractivity (Wildman–Crippen MR) is 94.7 cm³/mol. The van der Waals surface area contributed by atoms with Crippen LogP contribution < -0.4 is 15.2 Å². The Labute approximate surface area is 147 Å². The van der Waals surface area contributed by atoms with Crippen molar-refractivity contribution in [1.29, 1.82) is 0 Å². The first-order valence-corrected chi connectivity index (χ1v) is 10.4. The highest BCUT2D eigenvalue weighted by molar-refractivity contribution is 7.99. The Morgan fingerprint density at radius 3 is 2.75 bits per heavy atom. The largest absolute Gasteiger partial charge is 0.493 e. The summed E-state index contributed by atoms with van der Waals surface area (Å²) >= 11 is 1.53. The molecule has 0 aliphatic carbocycles. The average molecular weight is 374 g/mol. The highest BCUT2D eigenvalue weighted by Gasteiger charge is 2.19. The smallest absolute Gasteiger partial charge is 0.238 e. The first-order chi connectivity index (χ1) is 11.4. The van der Waals surface area contributed by atoms with Gasteiger partial charge in [0.1, 0.15) is 5.75 Å². The third kappa shape index (κ3) is 5.97. The van der Waals surface area contributed by atoms with Crippen molar-refractivity contribution in [2.24, 2.45) is 5.14 Å². The number of ether oxygens (including phenoxy) is 1. The van der Waals surface area contributed by atoms with E-state index >= 15 is 0 Å². The SMILES string of the molecule is CC1CN(C(=O)CSCCOc2ccc(S(N)(=O)=O)cc2)CCN1. The van der Waals surface area contributed by atoms with Crippen LogP contribution in [0.25, 0.3) is 0 Å². The minimum Gasteiger partial charge on any atom is -0.493 e. The van der Waals surface area contributed by atoms with E-state index in [1.54, 1.807) is 12.1 Å². The van der Waals surface area contributed by atoms with Crippen molar-refractivity contribution in [1.82, 2.24) is 10.2 Å². The minimum absolute atomic E-state index is 0.0556. The van der Waals surface area contributed by atoms with Gasteiger partial charge in [0.05, 0.1) is 17.3 Å². The van der Waals surface area contributed by atoms with Gasteiger partial charge in [0, 0.05) is 31.4 Å². The number of rotatable bonds is 7. The summed E-state index contributed by atoms with van der Waals surface area (Å²) in [6.07, 6.45) is 0. The number of nitrogens with one attached hydrogen (secondary N) is 1. The van der Waals surface area contributed by atoms with Crippen LogP contribution in [0, 0.1) is 0 Å². The molecule has 2 rings (SSSR count). The number of primary sulfonamides is 1. The van der Waals surface area contributed by atoms with Crippen LogP contribution in [0.5, 0.6) is 5.75 Å². The fourth-order valence-electron chi connectivity index (χ4n) is 2.35. The average Bonchev–Trinajstić information content (AvgIpc) is 2.54. The van der Waals surface area contributed by atoms with Gasteiger partial charge >= 0.3 is 0 Å². The second-order valence-electron chi connectivity index (χ2n) is 5.61. The number of carbonyl (C=O) groups is 1. The molecule has 1 saturated heterocycles. The lowest BCUT2D eigenvalue weighted by Crippen LogP contribution is -2.51. The predicted octanol–water partition coefficient (Wildman–Crippen LogP) is 0.266. The normalized spacial score (nSPS) is 18.4. The lowest BCUT2D eigenvalue weighted by molar-refractivity contribution is -0.129. The van der Waals surface area contributed by atoms with E-state index in [0.717, 1.165) is 19.6 Å². The van der Waals surface area contributed by atoms with Gasteiger partial charge in [-0.15, -0.1) is 11.8 Å². The number of benzene rings is 1. The molecule has 0 aromatic heterocycles. The number of piperazine rings is 1. The number of sulfonamides is 1. The Balaban J connectivity index is 1.65. The topological polar surface area (TPSA) is 102 Å². The lowest BCUT2D eigenvalue weighted by Gasteiger charge is -2.31. The third-order valence-electron chi connectivity index (χ3n) is 3.60. The van der Waals surface area contributed by atoms with Crippen LogP contribution in [-0.4, -0.2) is 63.0 Å². The Morgan fingerprint density at radius 1 is 1.42 bits per heavy atom. The van der Waals surface area contributed by atoms with E-state index in [1.807, 2.05) is 4.90 Å². The molecule has 1 aromatic rings. The van der Waals surface area contributed by atoms with Gasteiger partial charge in [0.2, 0.25) is 15.9 Å². The zero-order valence-corrected chi connectivity index (χ0v) is 15.2. The van der Waals surface area contributed by atoms with Crippen LogP contribution in [0.3, 0.4) is 0 Å². The summed E-state index contributed by atoms with van der Waals surface area (Å²) < 4.78 is 27.8. The second kappa shape index (κ2) is 8.70. The summed E-state index contributed by atoms with van der Waals surface area (Å²) in [5, 5.41) is 8.34. The van der Waals surface area contributed by atoms with E-state index in [-0.39, 0.29) is 10.8 Å². The molecule has 3 N–H and O–H groups in total. The lowest BCUT2D eigenvalue weighted by atomic mass is 10.2. The summed E-state index contributed by atoms with van der Waals surface area (Å²) in [6, 6.07) is 6.30. The third-order valence-corrected chi connectivity index (χ3v) is 5.43. The maximum atomic E-state index is 12.1. The molecule has 0 bridgehead atoms. The van der Waals surface area contributed by atoms with Gasteiger partial charge in [-0.05, 0) is 31.2 Å². The zero-order valence-electron chi connectivity index (χ0n) is 13.6. The van der Waals surface area contributed by atoms with E-state index in [9.17, 15) is 13.2 Å². The molecule has 24 heavy (non-hydrogen) atoms. The van der Waals surface area contributed by atoms with E-state index in [2.05, 4.69) is 12.2 Å². The maximum Gasteiger partial charge on any atom is 0.238 e. The highest BCUT2D eigenvalue weighted by atomic mass is 32.2. The quantitative estimate of drug-likeness (QED) is 0.665. The number of hydrogen-bond donors (Lipinski definition) is 2. The van der Waals surface area contributed by atoms with E-state index in [1.165, 1.54) is 23.9 Å². The first kappa shape index (κ1) is 19.0. The van der Waals surface area contributed by atoms with Crippen LogP contribution in [0.4, 0.5) is 0 Å². The number of thioether (sulfide) groups is 1. The summed E-state index contributed by atoms with van der Waals surface area (Å²) in [6.45, 7) is 4.88. The van der Waals surface area contributed by atoms with Crippen molar-refractivity contribution in [2.45, 2.75) is 17.9 Å². The molecule has 1 fully saturated rings. The molecule has 1 heterocycles. The van der Waals surface area contributed by atoms with Crippen molar-refractivity contribution < 1.29 is 17.9 Å². The molecule has 7 nitrogen and oxygen atoms in total. The van der Waals surface area contributed by atoms with Crippen molar-refractivity contribution >= 4 is 27.7 Å².